The zero-order valence-electron chi connectivity index (χ0n) is 12.2. The van der Waals surface area contributed by atoms with Crippen LogP contribution in [0, 0.1) is 5.92 Å². The molecule has 0 saturated carbocycles. The standard InChI is InChI=1S/C14H27N3O2/c1-11(2)10-19-16-14(18)13-4-3-9-17(13)12-5-7-15-8-6-12/h11-13,15H,3-10H2,1-2H3,(H,16,18). The molecule has 1 unspecified atom stereocenters. The van der Waals surface area contributed by atoms with E-state index in [9.17, 15) is 4.79 Å². The number of hydrogen-bond donors (Lipinski definition) is 2. The van der Waals surface area contributed by atoms with Gasteiger partial charge in [0.1, 0.15) is 0 Å². The lowest BCUT2D eigenvalue weighted by atomic mass is 10.0. The molecule has 2 saturated heterocycles. The van der Waals surface area contributed by atoms with Crippen molar-refractivity contribution < 1.29 is 9.63 Å². The fourth-order valence-corrected chi connectivity index (χ4v) is 2.99. The number of likely N-dealkylation sites (tertiary alicyclic amines) is 1. The highest BCUT2D eigenvalue weighted by atomic mass is 16.7. The summed E-state index contributed by atoms with van der Waals surface area (Å²) in [5.74, 6) is 0.473. The molecule has 2 rings (SSSR count). The zero-order valence-corrected chi connectivity index (χ0v) is 12.2. The molecule has 0 aromatic rings. The van der Waals surface area contributed by atoms with Crippen LogP contribution in [0.2, 0.25) is 0 Å². The summed E-state index contributed by atoms with van der Waals surface area (Å²) in [5, 5.41) is 3.38. The molecule has 0 spiro atoms. The van der Waals surface area contributed by atoms with Crippen molar-refractivity contribution in [2.24, 2.45) is 5.92 Å². The van der Waals surface area contributed by atoms with Gasteiger partial charge in [-0.2, -0.15) is 0 Å². The fourth-order valence-electron chi connectivity index (χ4n) is 2.99. The van der Waals surface area contributed by atoms with Crippen LogP contribution in [0.3, 0.4) is 0 Å². The summed E-state index contributed by atoms with van der Waals surface area (Å²) in [6, 6.07) is 0.569. The number of rotatable bonds is 5. The van der Waals surface area contributed by atoms with Gasteiger partial charge in [-0.25, -0.2) is 5.48 Å². The Hall–Kier alpha value is -0.650. The van der Waals surface area contributed by atoms with Crippen molar-refractivity contribution in [2.45, 2.75) is 51.6 Å². The van der Waals surface area contributed by atoms with Gasteiger partial charge >= 0.3 is 0 Å². The van der Waals surface area contributed by atoms with Gasteiger partial charge in [-0.05, 0) is 51.2 Å². The molecule has 0 radical (unpaired) electrons. The fraction of sp³-hybridized carbons (Fsp3) is 0.929. The summed E-state index contributed by atoms with van der Waals surface area (Å²) >= 11 is 0. The van der Waals surface area contributed by atoms with Crippen molar-refractivity contribution in [3.05, 3.63) is 0 Å². The van der Waals surface area contributed by atoms with Gasteiger partial charge in [0.05, 0.1) is 12.6 Å². The molecule has 110 valence electrons. The Labute approximate surface area is 116 Å². The first kappa shape index (κ1) is 14.8. The van der Waals surface area contributed by atoms with Crippen molar-refractivity contribution in [1.29, 1.82) is 0 Å². The Morgan fingerprint density at radius 2 is 2.11 bits per heavy atom. The van der Waals surface area contributed by atoms with Crippen LogP contribution >= 0.6 is 0 Å². The Bertz CT molecular complexity index is 290. The molecular weight excluding hydrogens is 242 g/mol. The summed E-state index contributed by atoms with van der Waals surface area (Å²) in [7, 11) is 0. The summed E-state index contributed by atoms with van der Waals surface area (Å²) in [6.07, 6.45) is 4.38. The highest BCUT2D eigenvalue weighted by molar-refractivity contribution is 5.81. The molecule has 1 amide bonds. The second kappa shape index (κ2) is 7.22. The van der Waals surface area contributed by atoms with Gasteiger partial charge in [-0.1, -0.05) is 13.8 Å². The first-order valence-electron chi connectivity index (χ1n) is 7.56. The van der Waals surface area contributed by atoms with Crippen molar-refractivity contribution in [3.63, 3.8) is 0 Å². The summed E-state index contributed by atoms with van der Waals surface area (Å²) < 4.78 is 0. The van der Waals surface area contributed by atoms with Crippen LogP contribution < -0.4 is 10.8 Å². The monoisotopic (exact) mass is 269 g/mol. The lowest BCUT2D eigenvalue weighted by molar-refractivity contribution is -0.140. The number of hydroxylamine groups is 1. The maximum atomic E-state index is 12.2. The van der Waals surface area contributed by atoms with Crippen molar-refractivity contribution in [1.82, 2.24) is 15.7 Å². The van der Waals surface area contributed by atoms with Crippen LogP contribution in [-0.2, 0) is 9.63 Å². The van der Waals surface area contributed by atoms with E-state index in [2.05, 4.69) is 29.5 Å². The molecular formula is C14H27N3O2. The third kappa shape index (κ3) is 4.16. The van der Waals surface area contributed by atoms with E-state index in [1.807, 2.05) is 0 Å². The molecule has 0 aromatic carbocycles. The summed E-state index contributed by atoms with van der Waals surface area (Å²) in [5.41, 5.74) is 2.63. The molecule has 2 heterocycles. The highest BCUT2D eigenvalue weighted by Crippen LogP contribution is 2.24. The zero-order chi connectivity index (χ0) is 13.7. The average molecular weight is 269 g/mol. The predicted molar refractivity (Wildman–Crippen MR) is 74.6 cm³/mol. The molecule has 2 N–H and O–H groups in total. The second-order valence-electron chi connectivity index (χ2n) is 6.05. The van der Waals surface area contributed by atoms with Gasteiger partial charge in [0, 0.05) is 6.04 Å². The molecule has 0 bridgehead atoms. The minimum atomic E-state index is 0.00950. The largest absolute Gasteiger partial charge is 0.317 e. The Balaban J connectivity index is 1.81. The molecule has 1 atom stereocenters. The maximum absolute atomic E-state index is 12.2. The molecule has 5 nitrogen and oxygen atoms in total. The maximum Gasteiger partial charge on any atom is 0.260 e. The van der Waals surface area contributed by atoms with E-state index in [1.54, 1.807) is 0 Å². The lowest BCUT2D eigenvalue weighted by Crippen LogP contribution is -2.50. The topological polar surface area (TPSA) is 53.6 Å². The van der Waals surface area contributed by atoms with Crippen LogP contribution in [0.25, 0.3) is 0 Å². The predicted octanol–water partition coefficient (Wildman–Crippen LogP) is 0.907. The Kier molecular flexibility index (Phi) is 5.60. The lowest BCUT2D eigenvalue weighted by Gasteiger charge is -2.35. The van der Waals surface area contributed by atoms with Gasteiger partial charge in [0.15, 0.2) is 0 Å². The SMILES string of the molecule is CC(C)CONC(=O)C1CCCN1C1CCNCC1. The van der Waals surface area contributed by atoms with Crippen molar-refractivity contribution in [3.8, 4) is 0 Å². The van der Waals surface area contributed by atoms with E-state index in [4.69, 9.17) is 4.84 Å². The van der Waals surface area contributed by atoms with Gasteiger partial charge in [-0.3, -0.25) is 14.5 Å². The van der Waals surface area contributed by atoms with Crippen LogP contribution in [0.4, 0.5) is 0 Å². The third-order valence-corrected chi connectivity index (χ3v) is 3.96. The van der Waals surface area contributed by atoms with Crippen molar-refractivity contribution >= 4 is 5.91 Å². The number of hydrogen-bond acceptors (Lipinski definition) is 4. The van der Waals surface area contributed by atoms with Crippen LogP contribution in [0.1, 0.15) is 39.5 Å². The van der Waals surface area contributed by atoms with E-state index >= 15 is 0 Å². The van der Waals surface area contributed by atoms with E-state index in [0.717, 1.165) is 45.3 Å². The molecule has 0 aromatic heterocycles. The molecule has 0 aliphatic carbocycles. The van der Waals surface area contributed by atoms with E-state index in [-0.39, 0.29) is 11.9 Å². The van der Waals surface area contributed by atoms with E-state index in [1.165, 1.54) is 0 Å². The van der Waals surface area contributed by atoms with Crippen molar-refractivity contribution in [2.75, 3.05) is 26.2 Å². The van der Waals surface area contributed by atoms with E-state index < -0.39 is 0 Å². The number of carbonyl (C=O) groups is 1. The minimum absolute atomic E-state index is 0.00950. The minimum Gasteiger partial charge on any atom is -0.317 e. The summed E-state index contributed by atoms with van der Waals surface area (Å²) in [6.45, 7) is 7.91. The number of amides is 1. The molecule has 19 heavy (non-hydrogen) atoms. The Morgan fingerprint density at radius 3 is 2.79 bits per heavy atom. The van der Waals surface area contributed by atoms with Crippen LogP contribution in [-0.4, -0.2) is 49.1 Å². The molecule has 2 fully saturated rings. The van der Waals surface area contributed by atoms with Crippen LogP contribution in [0.15, 0.2) is 0 Å². The van der Waals surface area contributed by atoms with Gasteiger partial charge < -0.3 is 5.32 Å². The summed E-state index contributed by atoms with van der Waals surface area (Å²) in [4.78, 5) is 19.8. The van der Waals surface area contributed by atoms with E-state index in [0.29, 0.717) is 18.6 Å². The van der Waals surface area contributed by atoms with Gasteiger partial charge in [0.2, 0.25) is 0 Å². The Morgan fingerprint density at radius 1 is 1.37 bits per heavy atom. The third-order valence-electron chi connectivity index (χ3n) is 3.96. The molecule has 2 aliphatic heterocycles. The van der Waals surface area contributed by atoms with Gasteiger partial charge in [0.25, 0.3) is 5.91 Å². The van der Waals surface area contributed by atoms with Crippen LogP contribution in [0.5, 0.6) is 0 Å². The normalized spacial score (nSPS) is 25.9. The second-order valence-corrected chi connectivity index (χ2v) is 6.05. The van der Waals surface area contributed by atoms with Gasteiger partial charge in [-0.15, -0.1) is 0 Å². The average Bonchev–Trinajstić information content (AvgIpc) is 2.88. The number of carbonyl (C=O) groups excluding carboxylic acids is 1. The molecule has 2 aliphatic rings. The molecule has 5 heteroatoms. The highest BCUT2D eigenvalue weighted by Gasteiger charge is 2.35. The quantitative estimate of drug-likeness (QED) is 0.728. The smallest absolute Gasteiger partial charge is 0.260 e. The number of nitrogens with zero attached hydrogens (tertiary/aromatic N) is 1. The first-order valence-corrected chi connectivity index (χ1v) is 7.56. The first-order chi connectivity index (χ1) is 9.18. The number of nitrogens with one attached hydrogen (secondary N) is 2. The number of piperidine rings is 1.